The lowest BCUT2D eigenvalue weighted by Gasteiger charge is -2.17. The maximum absolute atomic E-state index is 12.5. The van der Waals surface area contributed by atoms with Crippen molar-refractivity contribution in [2.45, 2.75) is 17.4 Å². The van der Waals surface area contributed by atoms with Gasteiger partial charge in [0, 0.05) is 5.56 Å². The van der Waals surface area contributed by atoms with E-state index in [1.54, 1.807) is 36.4 Å². The van der Waals surface area contributed by atoms with E-state index in [-0.39, 0.29) is 16.9 Å². The molecule has 0 aliphatic rings. The van der Waals surface area contributed by atoms with Crippen LogP contribution in [0.2, 0.25) is 0 Å². The van der Waals surface area contributed by atoms with Crippen LogP contribution in [0.4, 0.5) is 0 Å². The minimum absolute atomic E-state index is 0.0122. The quantitative estimate of drug-likeness (QED) is 0.528. The summed E-state index contributed by atoms with van der Waals surface area (Å²) in [5.41, 5.74) is 0.283. The lowest BCUT2D eigenvalue weighted by atomic mass is 10.2. The zero-order valence-electron chi connectivity index (χ0n) is 16.2. The van der Waals surface area contributed by atoms with E-state index < -0.39 is 40.5 Å². The highest BCUT2D eigenvalue weighted by molar-refractivity contribution is 7.98. The topological polar surface area (TPSA) is 119 Å². The first-order valence-corrected chi connectivity index (χ1v) is 11.8. The first-order valence-electron chi connectivity index (χ1n) is 8.95. The molecule has 0 spiro atoms. The number of benzene rings is 2. The molecule has 2 aromatic rings. The van der Waals surface area contributed by atoms with E-state index >= 15 is 0 Å². The molecule has 0 radical (unpaired) electrons. The second kappa shape index (κ2) is 11.5. The molecule has 2 N–H and O–H groups in total. The maximum atomic E-state index is 12.5. The number of amides is 2. The average molecular weight is 451 g/mol. The molecule has 2 amide bonds. The van der Waals surface area contributed by atoms with E-state index in [9.17, 15) is 22.8 Å². The van der Waals surface area contributed by atoms with Crippen molar-refractivity contribution in [2.24, 2.45) is 0 Å². The van der Waals surface area contributed by atoms with E-state index in [0.29, 0.717) is 5.75 Å². The van der Waals surface area contributed by atoms with Gasteiger partial charge in [0.05, 0.1) is 4.90 Å². The summed E-state index contributed by atoms with van der Waals surface area (Å²) < 4.78 is 32.3. The van der Waals surface area contributed by atoms with Crippen LogP contribution in [-0.2, 0) is 24.3 Å². The average Bonchev–Trinajstić information content (AvgIpc) is 2.76. The molecular weight excluding hydrogens is 428 g/mol. The minimum Gasteiger partial charge on any atom is -0.454 e. The van der Waals surface area contributed by atoms with Gasteiger partial charge in [-0.2, -0.15) is 16.5 Å². The van der Waals surface area contributed by atoms with E-state index in [0.717, 1.165) is 0 Å². The third kappa shape index (κ3) is 7.29. The van der Waals surface area contributed by atoms with E-state index in [2.05, 4.69) is 10.0 Å². The van der Waals surface area contributed by atoms with E-state index in [1.807, 2.05) is 6.26 Å². The Kier molecular flexibility index (Phi) is 9.03. The normalized spacial score (nSPS) is 12.0. The molecule has 0 fully saturated rings. The van der Waals surface area contributed by atoms with Crippen LogP contribution in [0.1, 0.15) is 16.8 Å². The number of carbonyl (C=O) groups excluding carboxylic acids is 3. The fraction of sp³-hybridized carbons (Fsp3) is 0.250. The van der Waals surface area contributed by atoms with Crippen LogP contribution in [0.5, 0.6) is 0 Å². The summed E-state index contributed by atoms with van der Waals surface area (Å²) in [6.45, 7) is -0.708. The molecular formula is C20H22N2O6S2. The largest absolute Gasteiger partial charge is 0.454 e. The molecule has 160 valence electrons. The molecule has 0 aliphatic heterocycles. The molecule has 1 unspecified atom stereocenters. The van der Waals surface area contributed by atoms with Crippen LogP contribution >= 0.6 is 11.8 Å². The molecule has 0 saturated carbocycles. The van der Waals surface area contributed by atoms with Crippen molar-refractivity contribution in [3.05, 3.63) is 66.2 Å². The highest BCUT2D eigenvalue weighted by Crippen LogP contribution is 2.11. The van der Waals surface area contributed by atoms with Gasteiger partial charge >= 0.3 is 5.97 Å². The Bertz CT molecular complexity index is 965. The summed E-state index contributed by atoms with van der Waals surface area (Å²) in [5, 5.41) is 2.11. The Balaban J connectivity index is 1.96. The van der Waals surface area contributed by atoms with Crippen LogP contribution in [-0.4, -0.2) is 50.9 Å². The van der Waals surface area contributed by atoms with Crippen molar-refractivity contribution >= 4 is 39.6 Å². The number of carbonyl (C=O) groups is 3. The molecule has 2 rings (SSSR count). The van der Waals surface area contributed by atoms with Crippen molar-refractivity contribution < 1.29 is 27.5 Å². The number of esters is 1. The summed E-state index contributed by atoms with van der Waals surface area (Å²) in [4.78, 5) is 36.3. The second-order valence-corrected chi connectivity index (χ2v) is 8.82. The number of ether oxygens (including phenoxy) is 1. The summed E-state index contributed by atoms with van der Waals surface area (Å²) >= 11 is 1.43. The Morgan fingerprint density at radius 1 is 1.00 bits per heavy atom. The van der Waals surface area contributed by atoms with E-state index in [1.165, 1.54) is 36.0 Å². The molecule has 10 heteroatoms. The maximum Gasteiger partial charge on any atom is 0.324 e. The predicted molar refractivity (Wildman–Crippen MR) is 113 cm³/mol. The van der Waals surface area contributed by atoms with Crippen molar-refractivity contribution in [1.82, 2.24) is 10.0 Å². The molecule has 8 nitrogen and oxygen atoms in total. The number of sulfonamides is 1. The Labute approximate surface area is 179 Å². The van der Waals surface area contributed by atoms with Gasteiger partial charge in [-0.05, 0) is 42.7 Å². The van der Waals surface area contributed by atoms with E-state index in [4.69, 9.17) is 4.74 Å². The fourth-order valence-corrected chi connectivity index (χ4v) is 4.09. The van der Waals surface area contributed by atoms with Crippen LogP contribution in [0, 0.1) is 0 Å². The molecule has 0 aliphatic carbocycles. The summed E-state index contributed by atoms with van der Waals surface area (Å²) in [7, 11) is -3.94. The molecule has 1 atom stereocenters. The number of hydrogen-bond acceptors (Lipinski definition) is 7. The molecule has 0 aromatic heterocycles. The predicted octanol–water partition coefficient (Wildman–Crippen LogP) is 1.59. The van der Waals surface area contributed by atoms with Crippen molar-refractivity contribution in [1.29, 1.82) is 0 Å². The molecule has 0 heterocycles. The lowest BCUT2D eigenvalue weighted by molar-refractivity contribution is -0.150. The lowest BCUT2D eigenvalue weighted by Crippen LogP contribution is -2.43. The van der Waals surface area contributed by atoms with Gasteiger partial charge in [0.25, 0.3) is 11.8 Å². The Morgan fingerprint density at radius 3 is 2.20 bits per heavy atom. The molecule has 2 aromatic carbocycles. The highest BCUT2D eigenvalue weighted by atomic mass is 32.2. The van der Waals surface area contributed by atoms with Gasteiger partial charge in [-0.1, -0.05) is 36.4 Å². The van der Waals surface area contributed by atoms with Crippen LogP contribution < -0.4 is 10.0 Å². The van der Waals surface area contributed by atoms with Crippen LogP contribution in [0.15, 0.2) is 65.6 Å². The van der Waals surface area contributed by atoms with Gasteiger partial charge in [-0.3, -0.25) is 19.7 Å². The first-order chi connectivity index (χ1) is 14.3. The number of imide groups is 1. The molecule has 0 saturated heterocycles. The summed E-state index contributed by atoms with van der Waals surface area (Å²) in [6.07, 6.45) is 1.99. The zero-order valence-corrected chi connectivity index (χ0v) is 17.9. The monoisotopic (exact) mass is 450 g/mol. The number of hydrogen-bond donors (Lipinski definition) is 2. The van der Waals surface area contributed by atoms with Crippen LogP contribution in [0.25, 0.3) is 0 Å². The molecule has 30 heavy (non-hydrogen) atoms. The first kappa shape index (κ1) is 23.6. The summed E-state index contributed by atoms with van der Waals surface area (Å²) in [5.74, 6) is -1.84. The number of rotatable bonds is 10. The summed E-state index contributed by atoms with van der Waals surface area (Å²) in [6, 6.07) is 14.5. The molecule has 0 bridgehead atoms. The van der Waals surface area contributed by atoms with Gasteiger partial charge in [-0.15, -0.1) is 0 Å². The third-order valence-corrected chi connectivity index (χ3v) is 6.01. The number of thioether (sulfide) groups is 1. The van der Waals surface area contributed by atoms with Gasteiger partial charge in [0.1, 0.15) is 6.04 Å². The van der Waals surface area contributed by atoms with Gasteiger partial charge < -0.3 is 4.74 Å². The number of nitrogens with one attached hydrogen (secondary N) is 2. The minimum atomic E-state index is -3.94. The van der Waals surface area contributed by atoms with Crippen molar-refractivity contribution in [3.8, 4) is 0 Å². The fourth-order valence-electron chi connectivity index (χ4n) is 2.38. The van der Waals surface area contributed by atoms with Gasteiger partial charge in [-0.25, -0.2) is 8.42 Å². The standard InChI is InChI=1S/C20H22N2O6S2/c1-29-13-12-17(22-30(26,27)16-10-6-3-7-11-16)20(25)28-14-18(23)21-19(24)15-8-4-2-5-9-15/h2-11,17,22H,12-14H2,1H3,(H,21,23,24). The highest BCUT2D eigenvalue weighted by Gasteiger charge is 2.27. The SMILES string of the molecule is CSCCC(NS(=O)(=O)c1ccccc1)C(=O)OCC(=O)NC(=O)c1ccccc1. The van der Waals surface area contributed by atoms with Crippen molar-refractivity contribution in [2.75, 3.05) is 18.6 Å². The Hall–Kier alpha value is -2.69. The van der Waals surface area contributed by atoms with Crippen molar-refractivity contribution in [3.63, 3.8) is 0 Å². The van der Waals surface area contributed by atoms with Gasteiger partial charge in [0.15, 0.2) is 6.61 Å². The van der Waals surface area contributed by atoms with Crippen LogP contribution in [0.3, 0.4) is 0 Å². The zero-order chi connectivity index (χ0) is 22.0. The third-order valence-electron chi connectivity index (χ3n) is 3.88. The van der Waals surface area contributed by atoms with Gasteiger partial charge in [0.2, 0.25) is 10.0 Å². The Morgan fingerprint density at radius 2 is 1.60 bits per heavy atom. The smallest absolute Gasteiger partial charge is 0.324 e. The second-order valence-electron chi connectivity index (χ2n) is 6.12.